The summed E-state index contributed by atoms with van der Waals surface area (Å²) in [5.74, 6) is 1.35. The van der Waals surface area contributed by atoms with Gasteiger partial charge in [0, 0.05) is 22.5 Å². The van der Waals surface area contributed by atoms with Crippen molar-refractivity contribution in [3.05, 3.63) is 60.8 Å². The largest absolute Gasteiger partial charge is 0.497 e. The van der Waals surface area contributed by atoms with Gasteiger partial charge >= 0.3 is 0 Å². The van der Waals surface area contributed by atoms with E-state index in [1.54, 1.807) is 25.1 Å². The lowest BCUT2D eigenvalue weighted by molar-refractivity contribution is 0.413. The van der Waals surface area contributed by atoms with Crippen LogP contribution >= 0.6 is 11.8 Å². The maximum atomic E-state index is 5.77. The normalized spacial score (nSPS) is 10.3. The molecule has 0 radical (unpaired) electrons. The lowest BCUT2D eigenvalue weighted by Gasteiger charge is -2.07. The molecule has 116 valence electrons. The number of hydrogen-bond donors (Lipinski definition) is 2. The minimum absolute atomic E-state index is 0.531. The molecule has 3 aromatic rings. The molecule has 0 aliphatic rings. The lowest BCUT2D eigenvalue weighted by atomic mass is 10.3. The van der Waals surface area contributed by atoms with Crippen LogP contribution in [-0.2, 0) is 0 Å². The summed E-state index contributed by atoms with van der Waals surface area (Å²) in [6.07, 6.45) is 1.73. The number of nitrogens with one attached hydrogen (secondary N) is 1. The van der Waals surface area contributed by atoms with Crippen molar-refractivity contribution >= 4 is 29.1 Å². The highest BCUT2D eigenvalue weighted by Gasteiger charge is 2.04. The molecular weight excluding hydrogens is 308 g/mol. The molecule has 0 aliphatic heterocycles. The predicted octanol–water partition coefficient (Wildman–Crippen LogP) is 3.96. The highest BCUT2D eigenvalue weighted by molar-refractivity contribution is 7.99. The third kappa shape index (κ3) is 4.14. The van der Waals surface area contributed by atoms with Gasteiger partial charge in [0.05, 0.1) is 7.11 Å². The van der Waals surface area contributed by atoms with Gasteiger partial charge in [0.1, 0.15) is 10.8 Å². The number of nitrogen functional groups attached to an aromatic ring is 1. The van der Waals surface area contributed by atoms with Gasteiger partial charge in [-0.2, -0.15) is 0 Å². The zero-order valence-electron chi connectivity index (χ0n) is 12.6. The van der Waals surface area contributed by atoms with Crippen LogP contribution in [-0.4, -0.2) is 17.1 Å². The Morgan fingerprint density at radius 3 is 2.78 bits per heavy atom. The number of ether oxygens (including phenoxy) is 1. The van der Waals surface area contributed by atoms with Gasteiger partial charge in [-0.25, -0.2) is 9.97 Å². The van der Waals surface area contributed by atoms with Gasteiger partial charge < -0.3 is 15.8 Å². The van der Waals surface area contributed by atoms with E-state index in [9.17, 15) is 0 Å². The molecular formula is C17H16N4OS. The Balaban J connectivity index is 1.76. The molecule has 1 heterocycles. The van der Waals surface area contributed by atoms with Gasteiger partial charge in [-0.15, -0.1) is 0 Å². The Morgan fingerprint density at radius 2 is 1.96 bits per heavy atom. The lowest BCUT2D eigenvalue weighted by Crippen LogP contribution is -1.98. The molecule has 6 heteroatoms. The molecule has 0 spiro atoms. The molecule has 0 saturated heterocycles. The summed E-state index contributed by atoms with van der Waals surface area (Å²) in [5, 5.41) is 4.00. The first kappa shape index (κ1) is 15.2. The van der Waals surface area contributed by atoms with Crippen LogP contribution in [0.5, 0.6) is 5.75 Å². The number of benzene rings is 2. The summed E-state index contributed by atoms with van der Waals surface area (Å²) in [7, 11) is 1.65. The van der Waals surface area contributed by atoms with E-state index < -0.39 is 0 Å². The number of nitrogens with two attached hydrogens (primary N) is 1. The maximum absolute atomic E-state index is 5.77. The second-order valence-electron chi connectivity index (χ2n) is 4.75. The monoisotopic (exact) mass is 324 g/mol. The van der Waals surface area contributed by atoms with Crippen molar-refractivity contribution in [1.29, 1.82) is 0 Å². The molecule has 23 heavy (non-hydrogen) atoms. The molecule has 3 N–H and O–H groups in total. The average Bonchev–Trinajstić information content (AvgIpc) is 2.55. The molecule has 0 fully saturated rings. The van der Waals surface area contributed by atoms with Crippen LogP contribution < -0.4 is 15.8 Å². The molecule has 0 aliphatic carbocycles. The maximum Gasteiger partial charge on any atom is 0.228 e. The SMILES string of the molecule is COc1cccc(Sc2ccnc(Nc3cccc(N)c3)n2)c1. The van der Waals surface area contributed by atoms with Crippen molar-refractivity contribution in [3.63, 3.8) is 0 Å². The van der Waals surface area contributed by atoms with E-state index in [4.69, 9.17) is 10.5 Å². The van der Waals surface area contributed by atoms with Crippen LogP contribution in [0.25, 0.3) is 0 Å². The zero-order valence-corrected chi connectivity index (χ0v) is 13.4. The van der Waals surface area contributed by atoms with Gasteiger partial charge in [0.25, 0.3) is 0 Å². The number of anilines is 3. The molecule has 1 aromatic heterocycles. The molecule has 3 rings (SSSR count). The first-order valence-corrected chi connectivity index (χ1v) is 7.82. The van der Waals surface area contributed by atoms with Gasteiger partial charge in [-0.3, -0.25) is 0 Å². The summed E-state index contributed by atoms with van der Waals surface area (Å²) >= 11 is 1.55. The van der Waals surface area contributed by atoms with Crippen molar-refractivity contribution in [2.75, 3.05) is 18.2 Å². The van der Waals surface area contributed by atoms with Crippen molar-refractivity contribution in [2.45, 2.75) is 9.92 Å². The summed E-state index contributed by atoms with van der Waals surface area (Å²) in [4.78, 5) is 9.80. The van der Waals surface area contributed by atoms with Crippen LogP contribution in [0.1, 0.15) is 0 Å². The Bertz CT molecular complexity index is 810. The third-order valence-electron chi connectivity index (χ3n) is 3.04. The Hall–Kier alpha value is -2.73. The van der Waals surface area contributed by atoms with Crippen LogP contribution in [0.3, 0.4) is 0 Å². The highest BCUT2D eigenvalue weighted by Crippen LogP contribution is 2.29. The van der Waals surface area contributed by atoms with E-state index >= 15 is 0 Å². The summed E-state index contributed by atoms with van der Waals surface area (Å²) < 4.78 is 5.24. The minimum atomic E-state index is 0.531. The fraction of sp³-hybridized carbons (Fsp3) is 0.0588. The van der Waals surface area contributed by atoms with Crippen molar-refractivity contribution in [2.24, 2.45) is 0 Å². The second-order valence-corrected chi connectivity index (χ2v) is 5.84. The molecule has 0 bridgehead atoms. The van der Waals surface area contributed by atoms with E-state index in [1.165, 1.54) is 0 Å². The van der Waals surface area contributed by atoms with Crippen LogP contribution in [0.2, 0.25) is 0 Å². The standard InChI is InChI=1S/C17H16N4OS/c1-22-14-6-3-7-15(11-14)23-16-8-9-19-17(21-16)20-13-5-2-4-12(18)10-13/h2-11H,18H2,1H3,(H,19,20,21). The Kier molecular flexibility index (Phi) is 4.63. The molecule has 0 atom stereocenters. The highest BCUT2D eigenvalue weighted by atomic mass is 32.2. The van der Waals surface area contributed by atoms with E-state index in [-0.39, 0.29) is 0 Å². The first-order valence-electron chi connectivity index (χ1n) is 7.00. The van der Waals surface area contributed by atoms with Crippen molar-refractivity contribution < 1.29 is 4.74 Å². The van der Waals surface area contributed by atoms with Crippen molar-refractivity contribution in [3.8, 4) is 5.75 Å². The summed E-state index contributed by atoms with van der Waals surface area (Å²) in [6, 6.07) is 17.2. The zero-order chi connectivity index (χ0) is 16.1. The van der Waals surface area contributed by atoms with Gasteiger partial charge in [0.2, 0.25) is 5.95 Å². The van der Waals surface area contributed by atoms with Crippen molar-refractivity contribution in [1.82, 2.24) is 9.97 Å². The number of methoxy groups -OCH3 is 1. The second kappa shape index (κ2) is 7.02. The Morgan fingerprint density at radius 1 is 1.09 bits per heavy atom. The number of rotatable bonds is 5. The van der Waals surface area contributed by atoms with Gasteiger partial charge in [-0.1, -0.05) is 23.9 Å². The molecule has 5 nitrogen and oxygen atoms in total. The van der Waals surface area contributed by atoms with Crippen LogP contribution in [0.15, 0.2) is 70.7 Å². The van der Waals surface area contributed by atoms with E-state index in [2.05, 4.69) is 15.3 Å². The van der Waals surface area contributed by atoms with E-state index in [1.807, 2.05) is 54.6 Å². The van der Waals surface area contributed by atoms with E-state index in [0.717, 1.165) is 21.4 Å². The topological polar surface area (TPSA) is 73.1 Å². The number of hydrogen-bond acceptors (Lipinski definition) is 6. The van der Waals surface area contributed by atoms with Gasteiger partial charge in [0.15, 0.2) is 0 Å². The summed E-state index contributed by atoms with van der Waals surface area (Å²) in [6.45, 7) is 0. The minimum Gasteiger partial charge on any atom is -0.497 e. The number of nitrogens with zero attached hydrogens (tertiary/aromatic N) is 2. The average molecular weight is 324 g/mol. The fourth-order valence-corrected chi connectivity index (χ4v) is 2.81. The molecule has 2 aromatic carbocycles. The number of aromatic nitrogens is 2. The molecule has 0 saturated carbocycles. The first-order chi connectivity index (χ1) is 11.2. The van der Waals surface area contributed by atoms with Crippen LogP contribution in [0.4, 0.5) is 17.3 Å². The van der Waals surface area contributed by atoms with Gasteiger partial charge in [-0.05, 0) is 42.5 Å². The molecule has 0 unspecified atom stereocenters. The third-order valence-corrected chi connectivity index (χ3v) is 3.96. The fourth-order valence-electron chi connectivity index (χ4n) is 1.99. The Labute approximate surface area is 138 Å². The van der Waals surface area contributed by atoms with E-state index in [0.29, 0.717) is 11.6 Å². The summed E-state index contributed by atoms with van der Waals surface area (Å²) in [5.41, 5.74) is 7.32. The smallest absolute Gasteiger partial charge is 0.228 e. The van der Waals surface area contributed by atoms with Crippen LogP contribution in [0, 0.1) is 0 Å². The quantitative estimate of drug-likeness (QED) is 0.546. The molecule has 0 amide bonds. The predicted molar refractivity (Wildman–Crippen MR) is 93.3 cm³/mol.